The maximum atomic E-state index is 11.9. The second-order valence-corrected chi connectivity index (χ2v) is 12.9. The molecule has 2 aromatic heterocycles. The van der Waals surface area contributed by atoms with E-state index in [1.165, 1.54) is 16.5 Å². The van der Waals surface area contributed by atoms with Crippen LogP contribution in [0.3, 0.4) is 0 Å². The summed E-state index contributed by atoms with van der Waals surface area (Å²) in [6.45, 7) is -0.718. The van der Waals surface area contributed by atoms with E-state index in [0.29, 0.717) is 11.3 Å². The Morgan fingerprint density at radius 2 is 1.97 bits per heavy atom. The van der Waals surface area contributed by atoms with Crippen molar-refractivity contribution in [2.24, 2.45) is 0 Å². The number of hydrogen-bond donors (Lipinski definition) is 6. The summed E-state index contributed by atoms with van der Waals surface area (Å²) in [6.07, 6.45) is 0.620. The molecule has 3 heterocycles. The van der Waals surface area contributed by atoms with Gasteiger partial charge in [0.2, 0.25) is 5.28 Å². The van der Waals surface area contributed by atoms with E-state index in [0.717, 1.165) is 17.7 Å². The lowest BCUT2D eigenvalue weighted by molar-refractivity contribution is -0.0483. The van der Waals surface area contributed by atoms with Gasteiger partial charge < -0.3 is 39.5 Å². The summed E-state index contributed by atoms with van der Waals surface area (Å²) >= 11 is 6.16. The van der Waals surface area contributed by atoms with E-state index < -0.39 is 52.2 Å². The van der Waals surface area contributed by atoms with Crippen LogP contribution < -0.4 is 5.32 Å². The van der Waals surface area contributed by atoms with Crippen molar-refractivity contribution in [3.05, 3.63) is 47.0 Å². The highest BCUT2D eigenvalue weighted by molar-refractivity contribution is 7.70. The van der Waals surface area contributed by atoms with Gasteiger partial charge in [-0.2, -0.15) is 9.97 Å². The van der Waals surface area contributed by atoms with Crippen LogP contribution in [-0.2, 0) is 24.8 Å². The molecule has 5 atom stereocenters. The van der Waals surface area contributed by atoms with Crippen LogP contribution in [0.5, 0.6) is 0 Å². The number of rotatable bonds is 8. The summed E-state index contributed by atoms with van der Waals surface area (Å²) in [4.78, 5) is 40.2. The average molecular weight is 574 g/mol. The molecule has 3 aromatic rings. The van der Waals surface area contributed by atoms with Gasteiger partial charge in [-0.3, -0.25) is 13.7 Å². The Morgan fingerprint density at radius 3 is 2.73 bits per heavy atom. The van der Waals surface area contributed by atoms with Crippen LogP contribution in [0.1, 0.15) is 17.4 Å². The lowest BCUT2D eigenvalue weighted by atomic mass is 10.1. The van der Waals surface area contributed by atoms with Crippen LogP contribution in [0.15, 0.2) is 30.6 Å². The monoisotopic (exact) mass is 573 g/mol. The molecule has 0 amide bonds. The summed E-state index contributed by atoms with van der Waals surface area (Å²) in [5.74, 6) is -1.10. The van der Waals surface area contributed by atoms with Crippen molar-refractivity contribution >= 4 is 55.5 Å². The van der Waals surface area contributed by atoms with E-state index in [4.69, 9.17) is 30.6 Å². The first-order chi connectivity index (χ1) is 17.4. The fourth-order valence-electron chi connectivity index (χ4n) is 4.19. The summed E-state index contributed by atoms with van der Waals surface area (Å²) in [5, 5.41) is 24.1. The smallest absolute Gasteiger partial charge is 0.340 e. The number of halogens is 1. The number of fused-ring (bicyclic) bond motifs is 2. The first kappa shape index (κ1) is 26.4. The number of nitrogens with one attached hydrogen (secondary N) is 1. The predicted octanol–water partition coefficient (Wildman–Crippen LogP) is 1.75. The molecule has 17 heteroatoms. The molecule has 1 fully saturated rings. The van der Waals surface area contributed by atoms with E-state index in [1.807, 2.05) is 24.3 Å². The van der Waals surface area contributed by atoms with Crippen LogP contribution in [0, 0.1) is 0 Å². The van der Waals surface area contributed by atoms with Crippen LogP contribution in [0.4, 0.5) is 11.5 Å². The number of nitrogens with zero attached hydrogens (tertiary/aromatic N) is 4. The van der Waals surface area contributed by atoms with E-state index in [9.17, 15) is 24.2 Å². The second-order valence-electron chi connectivity index (χ2n) is 8.60. The minimum Gasteiger partial charge on any atom is -0.387 e. The van der Waals surface area contributed by atoms with Gasteiger partial charge in [0.15, 0.2) is 29.1 Å². The first-order valence-electron chi connectivity index (χ1n) is 10.9. The van der Waals surface area contributed by atoms with Crippen molar-refractivity contribution in [1.82, 2.24) is 19.5 Å². The Bertz CT molecular complexity index is 1480. The SMILES string of the molecule is O=P(O)(O)CP(=O)(O)OC[C@H]1O[C@@H](n2cnc3c(Nc4ccc5c(c4)C=CC5)nc(Cl)nc32)C(O)[C@H]1O. The van der Waals surface area contributed by atoms with E-state index in [-0.39, 0.29) is 10.9 Å². The third-order valence-corrected chi connectivity index (χ3v) is 9.48. The molecule has 0 saturated carbocycles. The zero-order chi connectivity index (χ0) is 26.5. The highest BCUT2D eigenvalue weighted by atomic mass is 35.5. The normalized spacial score (nSPS) is 24.9. The number of hydrogen-bond acceptors (Lipinski definition) is 10. The number of anilines is 2. The van der Waals surface area contributed by atoms with Gasteiger partial charge in [0.1, 0.15) is 18.3 Å². The fraction of sp³-hybridized carbons (Fsp3) is 0.350. The highest BCUT2D eigenvalue weighted by Crippen LogP contribution is 2.55. The first-order valence-corrected chi connectivity index (χ1v) is 14.8. The Morgan fingerprint density at radius 1 is 1.19 bits per heavy atom. The van der Waals surface area contributed by atoms with Crippen molar-refractivity contribution in [3.63, 3.8) is 0 Å². The second kappa shape index (κ2) is 9.83. The van der Waals surface area contributed by atoms with Gasteiger partial charge in [-0.1, -0.05) is 18.2 Å². The third kappa shape index (κ3) is 5.64. The molecule has 1 aromatic carbocycles. The topological polar surface area (TPSA) is 209 Å². The van der Waals surface area contributed by atoms with E-state index >= 15 is 0 Å². The molecular formula is C20H22ClN5O9P2. The fourth-order valence-corrected chi connectivity index (χ4v) is 6.92. The van der Waals surface area contributed by atoms with Crippen LogP contribution in [-0.4, -0.2) is 75.2 Å². The van der Waals surface area contributed by atoms with Gasteiger partial charge >= 0.3 is 15.2 Å². The van der Waals surface area contributed by atoms with Gasteiger partial charge in [-0.25, -0.2) is 4.98 Å². The van der Waals surface area contributed by atoms with Crippen LogP contribution in [0.25, 0.3) is 17.2 Å². The Balaban J connectivity index is 1.37. The molecular weight excluding hydrogens is 552 g/mol. The number of ether oxygens (including phenoxy) is 1. The van der Waals surface area contributed by atoms with E-state index in [2.05, 4.69) is 26.3 Å². The summed E-state index contributed by atoms with van der Waals surface area (Å²) in [7, 11) is -9.52. The number of aromatic nitrogens is 4. The molecule has 2 unspecified atom stereocenters. The van der Waals surface area contributed by atoms with Gasteiger partial charge in [-0.15, -0.1) is 0 Å². The average Bonchev–Trinajstić information content (AvgIpc) is 3.49. The highest BCUT2D eigenvalue weighted by Gasteiger charge is 2.45. The maximum absolute atomic E-state index is 11.9. The van der Waals surface area contributed by atoms with Crippen molar-refractivity contribution in [3.8, 4) is 0 Å². The molecule has 1 aliphatic heterocycles. The predicted molar refractivity (Wildman–Crippen MR) is 131 cm³/mol. The minimum atomic E-state index is -4.83. The van der Waals surface area contributed by atoms with Crippen molar-refractivity contribution in [1.29, 1.82) is 0 Å². The van der Waals surface area contributed by atoms with Gasteiger partial charge in [0, 0.05) is 5.69 Å². The number of aliphatic hydroxyl groups is 2. The Kier molecular flexibility index (Phi) is 7.01. The van der Waals surface area contributed by atoms with E-state index in [1.54, 1.807) is 0 Å². The summed E-state index contributed by atoms with van der Waals surface area (Å²) in [6, 6.07) is 5.84. The molecule has 1 saturated heterocycles. The summed E-state index contributed by atoms with van der Waals surface area (Å²) < 4.78 is 34.7. The molecule has 37 heavy (non-hydrogen) atoms. The van der Waals surface area contributed by atoms with Gasteiger partial charge in [-0.05, 0) is 41.3 Å². The molecule has 6 N–H and O–H groups in total. The quantitative estimate of drug-likeness (QED) is 0.168. The number of aliphatic hydroxyl groups excluding tert-OH is 2. The molecule has 198 valence electrons. The lowest BCUT2D eigenvalue weighted by Crippen LogP contribution is -2.33. The molecule has 0 bridgehead atoms. The molecule has 1 aliphatic carbocycles. The number of imidazole rings is 1. The summed E-state index contributed by atoms with van der Waals surface area (Å²) in [5.41, 5.74) is 3.49. The molecule has 0 radical (unpaired) electrons. The van der Waals surface area contributed by atoms with Crippen molar-refractivity contribution < 1.29 is 43.3 Å². The Labute approximate surface area is 214 Å². The standard InChI is InChI=1S/C20H22ClN5O9P2/c21-20-24-17(23-12-5-4-10-2-1-3-11(10)6-12)14-18(25-20)26(8-22-14)19-16(28)15(27)13(35-19)7-34-37(32,33)9-36(29,30)31/h1,3-6,8,13,15-16,19,27-28H,2,7,9H2,(H,32,33)(H,23,24,25)(H2,29,30,31)/t13-,15+,16?,19-/m1/s1. The number of allylic oxidation sites excluding steroid dienone is 1. The zero-order valence-corrected chi connectivity index (χ0v) is 21.4. The molecule has 0 spiro atoms. The molecule has 5 rings (SSSR count). The Hall–Kier alpha value is -2.22. The van der Waals surface area contributed by atoms with Gasteiger partial charge in [0.05, 0.1) is 12.9 Å². The van der Waals surface area contributed by atoms with Crippen LogP contribution in [0.2, 0.25) is 5.28 Å². The van der Waals surface area contributed by atoms with Gasteiger partial charge in [0.25, 0.3) is 0 Å². The maximum Gasteiger partial charge on any atom is 0.340 e. The minimum absolute atomic E-state index is 0.121. The number of benzene rings is 1. The third-order valence-electron chi connectivity index (χ3n) is 5.85. The van der Waals surface area contributed by atoms with Crippen molar-refractivity contribution in [2.45, 2.75) is 31.0 Å². The molecule has 2 aliphatic rings. The zero-order valence-electron chi connectivity index (χ0n) is 18.8. The largest absolute Gasteiger partial charge is 0.387 e. The van der Waals surface area contributed by atoms with Crippen LogP contribution >= 0.6 is 26.8 Å². The lowest BCUT2D eigenvalue weighted by Gasteiger charge is -2.18. The molecule has 14 nitrogen and oxygen atoms in total. The van der Waals surface area contributed by atoms with Crippen molar-refractivity contribution in [2.75, 3.05) is 17.8 Å².